The molecule has 0 aromatic carbocycles. The molecule has 3 aliphatic heterocycles. The Bertz CT molecular complexity index is 1040. The van der Waals surface area contributed by atoms with Crippen LogP contribution in [0.5, 0.6) is 5.88 Å². The minimum atomic E-state index is 0.0182. The quantitative estimate of drug-likeness (QED) is 0.545. The Balaban J connectivity index is 0.959. The molecule has 6 rings (SSSR count). The molecule has 3 saturated heterocycles. The van der Waals surface area contributed by atoms with Gasteiger partial charge in [-0.15, -0.1) is 10.2 Å². The minimum Gasteiger partial charge on any atom is -0.474 e. The number of carbonyl (C=O) groups is 1. The summed E-state index contributed by atoms with van der Waals surface area (Å²) < 4.78 is 11.7. The predicted molar refractivity (Wildman–Crippen MR) is 145 cm³/mol. The summed E-state index contributed by atoms with van der Waals surface area (Å²) in [6.07, 6.45) is 9.32. The third-order valence-electron chi connectivity index (χ3n) is 8.28. The lowest BCUT2D eigenvalue weighted by Gasteiger charge is -2.37. The molecule has 5 heterocycles. The number of amides is 1. The fourth-order valence-corrected chi connectivity index (χ4v) is 5.97. The maximum absolute atomic E-state index is 13.0. The van der Waals surface area contributed by atoms with Crippen molar-refractivity contribution in [1.29, 1.82) is 0 Å². The summed E-state index contributed by atoms with van der Waals surface area (Å²) in [4.78, 5) is 26.3. The first-order valence-corrected chi connectivity index (χ1v) is 14.3. The van der Waals surface area contributed by atoms with Gasteiger partial charge >= 0.3 is 0 Å². The molecule has 0 bridgehead atoms. The van der Waals surface area contributed by atoms with E-state index in [0.717, 1.165) is 76.9 Å². The molecule has 0 spiro atoms. The standard InChI is InChI=1S/C28H39N7O3/c36-28(22-7-10-27(29-20-22)38-23-4-1-2-5-23)35-17-15-34(16-18-35)26-9-8-25(30-31-26)33-13-11-32(12-14-33)21-24-6-3-19-37-24/h7-10,20,23-24H,1-6,11-19,21H2. The summed E-state index contributed by atoms with van der Waals surface area (Å²) in [5, 5.41) is 9.08. The molecule has 38 heavy (non-hydrogen) atoms. The lowest BCUT2D eigenvalue weighted by atomic mass is 10.2. The lowest BCUT2D eigenvalue weighted by molar-refractivity contribution is 0.0712. The zero-order valence-corrected chi connectivity index (χ0v) is 22.2. The number of aromatic nitrogens is 3. The number of rotatable bonds is 7. The molecule has 4 fully saturated rings. The summed E-state index contributed by atoms with van der Waals surface area (Å²) in [6.45, 7) is 8.72. The van der Waals surface area contributed by atoms with Gasteiger partial charge < -0.3 is 24.2 Å². The summed E-state index contributed by atoms with van der Waals surface area (Å²) in [5.74, 6) is 2.44. The fraction of sp³-hybridized carbons (Fsp3) is 0.643. The van der Waals surface area contributed by atoms with Gasteiger partial charge in [-0.2, -0.15) is 0 Å². The van der Waals surface area contributed by atoms with Crippen LogP contribution in [0.2, 0.25) is 0 Å². The zero-order valence-electron chi connectivity index (χ0n) is 22.2. The van der Waals surface area contributed by atoms with E-state index in [4.69, 9.17) is 9.47 Å². The van der Waals surface area contributed by atoms with Crippen molar-refractivity contribution >= 4 is 17.5 Å². The van der Waals surface area contributed by atoms with Crippen LogP contribution >= 0.6 is 0 Å². The minimum absolute atomic E-state index is 0.0182. The molecule has 204 valence electrons. The van der Waals surface area contributed by atoms with E-state index in [2.05, 4.69) is 42.0 Å². The second-order valence-electron chi connectivity index (χ2n) is 10.9. The summed E-state index contributed by atoms with van der Waals surface area (Å²) in [6, 6.07) is 7.80. The van der Waals surface area contributed by atoms with Crippen LogP contribution in [-0.2, 0) is 4.74 Å². The van der Waals surface area contributed by atoms with E-state index in [1.165, 1.54) is 25.7 Å². The number of hydrogen-bond acceptors (Lipinski definition) is 9. The van der Waals surface area contributed by atoms with Crippen molar-refractivity contribution in [3.8, 4) is 5.88 Å². The molecule has 2 aromatic heterocycles. The van der Waals surface area contributed by atoms with Gasteiger partial charge in [-0.05, 0) is 56.7 Å². The normalized spacial score (nSPS) is 23.3. The molecule has 2 aromatic rings. The van der Waals surface area contributed by atoms with Crippen molar-refractivity contribution in [2.45, 2.75) is 50.7 Å². The SMILES string of the molecule is O=C(c1ccc(OC2CCCC2)nc1)N1CCN(c2ccc(N3CCN(CC4CCCO4)CC3)nn2)CC1. The van der Waals surface area contributed by atoms with E-state index in [9.17, 15) is 4.79 Å². The monoisotopic (exact) mass is 521 g/mol. The Kier molecular flexibility index (Phi) is 7.87. The predicted octanol–water partition coefficient (Wildman–Crippen LogP) is 2.46. The largest absolute Gasteiger partial charge is 0.474 e. The third kappa shape index (κ3) is 6.02. The van der Waals surface area contributed by atoms with E-state index in [0.29, 0.717) is 30.6 Å². The number of hydrogen-bond donors (Lipinski definition) is 0. The maximum Gasteiger partial charge on any atom is 0.255 e. The first-order chi connectivity index (χ1) is 18.7. The number of anilines is 2. The highest BCUT2D eigenvalue weighted by molar-refractivity contribution is 5.94. The van der Waals surface area contributed by atoms with E-state index in [1.54, 1.807) is 6.20 Å². The molecule has 0 radical (unpaired) electrons. The van der Waals surface area contributed by atoms with Crippen molar-refractivity contribution in [1.82, 2.24) is 25.0 Å². The average molecular weight is 522 g/mol. The van der Waals surface area contributed by atoms with Gasteiger partial charge in [0.1, 0.15) is 6.10 Å². The molecule has 4 aliphatic rings. The van der Waals surface area contributed by atoms with Crippen molar-refractivity contribution in [2.24, 2.45) is 0 Å². The van der Waals surface area contributed by atoms with Gasteiger partial charge in [0.15, 0.2) is 11.6 Å². The summed E-state index contributed by atoms with van der Waals surface area (Å²) in [5.41, 5.74) is 0.609. The van der Waals surface area contributed by atoms with Gasteiger partial charge in [0, 0.05) is 77.8 Å². The van der Waals surface area contributed by atoms with Gasteiger partial charge in [-0.1, -0.05) is 0 Å². The molecule has 1 atom stereocenters. The Morgan fingerprint density at radius 2 is 1.53 bits per heavy atom. The first kappa shape index (κ1) is 25.3. The molecule has 1 aliphatic carbocycles. The summed E-state index contributed by atoms with van der Waals surface area (Å²) >= 11 is 0. The van der Waals surface area contributed by atoms with Crippen molar-refractivity contribution in [3.63, 3.8) is 0 Å². The highest BCUT2D eigenvalue weighted by Gasteiger charge is 2.26. The van der Waals surface area contributed by atoms with Crippen molar-refractivity contribution < 1.29 is 14.3 Å². The Morgan fingerprint density at radius 1 is 0.842 bits per heavy atom. The summed E-state index contributed by atoms with van der Waals surface area (Å²) in [7, 11) is 0. The number of nitrogens with zero attached hydrogens (tertiary/aromatic N) is 7. The Morgan fingerprint density at radius 3 is 2.11 bits per heavy atom. The highest BCUT2D eigenvalue weighted by Crippen LogP contribution is 2.24. The smallest absolute Gasteiger partial charge is 0.255 e. The van der Waals surface area contributed by atoms with Gasteiger partial charge in [0.25, 0.3) is 5.91 Å². The van der Waals surface area contributed by atoms with Gasteiger partial charge in [0.2, 0.25) is 5.88 Å². The molecule has 0 N–H and O–H groups in total. The van der Waals surface area contributed by atoms with Gasteiger partial charge in [-0.3, -0.25) is 9.69 Å². The number of ether oxygens (including phenoxy) is 2. The van der Waals surface area contributed by atoms with Crippen molar-refractivity contribution in [2.75, 3.05) is 75.3 Å². The van der Waals surface area contributed by atoms with Crippen LogP contribution in [0.1, 0.15) is 48.9 Å². The number of carbonyl (C=O) groups excluding carboxylic acids is 1. The van der Waals surface area contributed by atoms with E-state index in [1.807, 2.05) is 17.0 Å². The Hall–Kier alpha value is -2.98. The fourth-order valence-electron chi connectivity index (χ4n) is 5.97. The van der Waals surface area contributed by atoms with Crippen LogP contribution < -0.4 is 14.5 Å². The van der Waals surface area contributed by atoms with Gasteiger partial charge in [-0.25, -0.2) is 4.98 Å². The number of piperazine rings is 2. The molecular formula is C28H39N7O3. The van der Waals surface area contributed by atoms with Crippen LogP contribution in [0.3, 0.4) is 0 Å². The molecular weight excluding hydrogens is 482 g/mol. The second kappa shape index (κ2) is 11.8. The molecule has 1 amide bonds. The van der Waals surface area contributed by atoms with Crippen LogP contribution in [0.25, 0.3) is 0 Å². The molecule has 1 unspecified atom stereocenters. The maximum atomic E-state index is 13.0. The molecule has 10 nitrogen and oxygen atoms in total. The Labute approximate surface area is 224 Å². The van der Waals surface area contributed by atoms with Gasteiger partial charge in [0.05, 0.1) is 11.7 Å². The van der Waals surface area contributed by atoms with Crippen LogP contribution in [0, 0.1) is 0 Å². The van der Waals surface area contributed by atoms with Crippen LogP contribution in [-0.4, -0.2) is 109 Å². The van der Waals surface area contributed by atoms with Crippen molar-refractivity contribution in [3.05, 3.63) is 36.0 Å². The van der Waals surface area contributed by atoms with E-state index in [-0.39, 0.29) is 12.0 Å². The van der Waals surface area contributed by atoms with E-state index < -0.39 is 0 Å². The number of pyridine rings is 1. The average Bonchev–Trinajstić information content (AvgIpc) is 3.69. The lowest BCUT2D eigenvalue weighted by Crippen LogP contribution is -2.49. The zero-order chi connectivity index (χ0) is 25.7. The second-order valence-corrected chi connectivity index (χ2v) is 10.9. The molecule has 1 saturated carbocycles. The van der Waals surface area contributed by atoms with E-state index >= 15 is 0 Å². The first-order valence-electron chi connectivity index (χ1n) is 14.3. The van der Waals surface area contributed by atoms with Crippen LogP contribution in [0.4, 0.5) is 11.6 Å². The highest BCUT2D eigenvalue weighted by atomic mass is 16.5. The molecule has 10 heteroatoms. The van der Waals surface area contributed by atoms with Crippen LogP contribution in [0.15, 0.2) is 30.5 Å². The third-order valence-corrected chi connectivity index (χ3v) is 8.28. The topological polar surface area (TPSA) is 87.2 Å².